The second-order valence-electron chi connectivity index (χ2n) is 8.81. The highest BCUT2D eigenvalue weighted by Crippen LogP contribution is 2.37. The molecular weight excluding hydrogens is 409 g/mol. The Morgan fingerprint density at radius 2 is 1.72 bits per heavy atom. The minimum atomic E-state index is -2.91. The number of halogens is 3. The minimum absolute atomic E-state index is 0.131. The Hall–Kier alpha value is -2.23. The van der Waals surface area contributed by atoms with Crippen LogP contribution in [0, 0.1) is 17.7 Å². The van der Waals surface area contributed by atoms with Gasteiger partial charge in [-0.2, -0.15) is 0 Å². The van der Waals surface area contributed by atoms with Crippen LogP contribution in [0.4, 0.5) is 13.2 Å². The van der Waals surface area contributed by atoms with Crippen molar-refractivity contribution >= 4 is 0 Å². The van der Waals surface area contributed by atoms with Crippen LogP contribution in [0.3, 0.4) is 0 Å². The molecule has 3 rings (SSSR count). The zero-order valence-electron chi connectivity index (χ0n) is 19.3. The number of benzene rings is 2. The number of alkyl halides is 2. The van der Waals surface area contributed by atoms with Crippen molar-refractivity contribution in [1.29, 1.82) is 0 Å². The highest BCUT2D eigenvalue weighted by molar-refractivity contribution is 5.69. The van der Waals surface area contributed by atoms with Crippen LogP contribution < -0.4 is 4.74 Å². The van der Waals surface area contributed by atoms with E-state index in [0.717, 1.165) is 24.3 Å². The first-order valence-electron chi connectivity index (χ1n) is 12.0. The fourth-order valence-electron chi connectivity index (χ4n) is 4.77. The summed E-state index contributed by atoms with van der Waals surface area (Å²) in [4.78, 5) is 0. The van der Waals surface area contributed by atoms with Gasteiger partial charge in [0.15, 0.2) is 11.6 Å². The number of aryl methyl sites for hydroxylation is 1. The fourth-order valence-corrected chi connectivity index (χ4v) is 4.77. The van der Waals surface area contributed by atoms with E-state index in [1.54, 1.807) is 19.1 Å². The number of ether oxygens (including phenoxy) is 1. The second-order valence-corrected chi connectivity index (χ2v) is 8.81. The molecule has 4 heteroatoms. The van der Waals surface area contributed by atoms with E-state index >= 15 is 0 Å². The summed E-state index contributed by atoms with van der Waals surface area (Å²) < 4.78 is 46.9. The maximum atomic E-state index is 14.5. The average Bonchev–Trinajstić information content (AvgIpc) is 2.79. The first kappa shape index (κ1) is 24.4. The molecule has 0 saturated heterocycles. The summed E-state index contributed by atoms with van der Waals surface area (Å²) in [7, 11) is 0. The van der Waals surface area contributed by atoms with E-state index < -0.39 is 17.8 Å². The maximum absolute atomic E-state index is 14.5. The van der Waals surface area contributed by atoms with Crippen LogP contribution in [0.15, 0.2) is 48.6 Å². The third kappa shape index (κ3) is 6.40. The summed E-state index contributed by atoms with van der Waals surface area (Å²) in [5.74, 6) is 0.538. The first-order chi connectivity index (χ1) is 15.5. The van der Waals surface area contributed by atoms with Crippen molar-refractivity contribution in [3.63, 3.8) is 0 Å². The topological polar surface area (TPSA) is 9.23 Å². The minimum Gasteiger partial charge on any atom is -0.491 e. The van der Waals surface area contributed by atoms with Crippen LogP contribution in [-0.2, 0) is 6.42 Å². The molecule has 0 aromatic heterocycles. The number of hydrogen-bond donors (Lipinski definition) is 0. The molecule has 1 nitrogen and oxygen atoms in total. The molecule has 1 aliphatic rings. The van der Waals surface area contributed by atoms with E-state index in [0.29, 0.717) is 11.5 Å². The molecule has 0 heterocycles. The van der Waals surface area contributed by atoms with Gasteiger partial charge in [-0.05, 0) is 86.1 Å². The third-order valence-electron chi connectivity index (χ3n) is 6.52. The van der Waals surface area contributed by atoms with Crippen molar-refractivity contribution in [2.24, 2.45) is 11.8 Å². The molecule has 0 N–H and O–H groups in total. The van der Waals surface area contributed by atoms with Crippen molar-refractivity contribution in [3.05, 3.63) is 65.5 Å². The highest BCUT2D eigenvalue weighted by Gasteiger charge is 2.23. The van der Waals surface area contributed by atoms with Crippen molar-refractivity contribution in [2.75, 3.05) is 6.61 Å². The summed E-state index contributed by atoms with van der Waals surface area (Å²) in [6.07, 6.45) is 11.6. The van der Waals surface area contributed by atoms with Gasteiger partial charge in [0, 0.05) is 0 Å². The largest absolute Gasteiger partial charge is 0.491 e. The average molecular weight is 445 g/mol. The molecule has 2 aromatic rings. The Kier molecular flexibility index (Phi) is 9.25. The molecule has 174 valence electrons. The van der Waals surface area contributed by atoms with Crippen molar-refractivity contribution in [1.82, 2.24) is 0 Å². The van der Waals surface area contributed by atoms with Crippen LogP contribution in [-0.4, -0.2) is 6.61 Å². The van der Waals surface area contributed by atoms with E-state index in [-0.39, 0.29) is 17.9 Å². The van der Waals surface area contributed by atoms with Gasteiger partial charge >= 0.3 is 0 Å². The lowest BCUT2D eigenvalue weighted by molar-refractivity contribution is 0.145. The van der Waals surface area contributed by atoms with Gasteiger partial charge in [0.25, 0.3) is 6.43 Å². The molecule has 0 unspecified atom stereocenters. The molecule has 0 bridgehead atoms. The zero-order valence-corrected chi connectivity index (χ0v) is 19.3. The van der Waals surface area contributed by atoms with Gasteiger partial charge in [0.2, 0.25) is 0 Å². The molecule has 0 spiro atoms. The van der Waals surface area contributed by atoms with E-state index in [2.05, 4.69) is 19.1 Å². The predicted molar refractivity (Wildman–Crippen MR) is 126 cm³/mol. The molecule has 32 heavy (non-hydrogen) atoms. The first-order valence-corrected chi connectivity index (χ1v) is 12.0. The lowest BCUT2D eigenvalue weighted by atomic mass is 9.80. The van der Waals surface area contributed by atoms with Crippen molar-refractivity contribution < 1.29 is 17.9 Å². The zero-order chi connectivity index (χ0) is 22.9. The molecule has 0 radical (unpaired) electrons. The molecule has 1 aliphatic carbocycles. The van der Waals surface area contributed by atoms with Crippen LogP contribution >= 0.6 is 0 Å². The summed E-state index contributed by atoms with van der Waals surface area (Å²) >= 11 is 0. The van der Waals surface area contributed by atoms with Gasteiger partial charge in [-0.1, -0.05) is 56.2 Å². The number of allylic oxidation sites excluding steroid dienone is 2. The standard InChI is InChI=1S/C28H35F3O/c1-3-7-20-10-12-21(13-11-20)8-5-6-9-22-14-16-23(17-15-22)24-18-19-25(32-4-2)27(29)26(24)28(30)31/h5,8,14-21,28H,3-4,6-7,9-13H2,1-2H3/b8-5+. The summed E-state index contributed by atoms with van der Waals surface area (Å²) in [5, 5.41) is 0. The highest BCUT2D eigenvalue weighted by atomic mass is 19.3. The van der Waals surface area contributed by atoms with Gasteiger partial charge < -0.3 is 4.74 Å². The second kappa shape index (κ2) is 12.1. The monoisotopic (exact) mass is 444 g/mol. The molecule has 0 amide bonds. The lowest BCUT2D eigenvalue weighted by Gasteiger charge is -2.26. The Morgan fingerprint density at radius 1 is 1.00 bits per heavy atom. The fraction of sp³-hybridized carbons (Fsp3) is 0.500. The molecule has 2 aromatic carbocycles. The summed E-state index contributed by atoms with van der Waals surface area (Å²) in [6.45, 7) is 4.19. The van der Waals surface area contributed by atoms with E-state index in [1.165, 1.54) is 50.7 Å². The Bertz CT molecular complexity index is 865. The van der Waals surface area contributed by atoms with E-state index in [9.17, 15) is 13.2 Å². The molecular formula is C28H35F3O. The van der Waals surface area contributed by atoms with Crippen LogP contribution in [0.25, 0.3) is 11.1 Å². The Labute approximate surface area is 190 Å². The lowest BCUT2D eigenvalue weighted by Crippen LogP contribution is -2.12. The SMILES string of the molecule is CCCC1CCC(/C=C/CCc2ccc(-c3ccc(OCC)c(F)c3C(F)F)cc2)CC1. The summed E-state index contributed by atoms with van der Waals surface area (Å²) in [6, 6.07) is 10.4. The quantitative estimate of drug-likeness (QED) is 0.332. The molecule has 1 saturated carbocycles. The van der Waals surface area contributed by atoms with Crippen LogP contribution in [0.2, 0.25) is 0 Å². The van der Waals surface area contributed by atoms with E-state index in [1.807, 2.05) is 12.1 Å². The number of rotatable bonds is 10. The Balaban J connectivity index is 1.58. The van der Waals surface area contributed by atoms with Crippen molar-refractivity contribution in [2.45, 2.75) is 71.6 Å². The van der Waals surface area contributed by atoms with Gasteiger partial charge in [-0.3, -0.25) is 0 Å². The summed E-state index contributed by atoms with van der Waals surface area (Å²) in [5.41, 5.74) is 1.35. The van der Waals surface area contributed by atoms with Crippen molar-refractivity contribution in [3.8, 4) is 16.9 Å². The maximum Gasteiger partial charge on any atom is 0.267 e. The normalized spacial score (nSPS) is 19.1. The van der Waals surface area contributed by atoms with Gasteiger partial charge in [-0.15, -0.1) is 0 Å². The molecule has 1 fully saturated rings. The molecule has 0 atom stereocenters. The number of hydrogen-bond acceptors (Lipinski definition) is 1. The predicted octanol–water partition coefficient (Wildman–Crippen LogP) is 8.92. The van der Waals surface area contributed by atoms with Gasteiger partial charge in [-0.25, -0.2) is 13.2 Å². The van der Waals surface area contributed by atoms with Gasteiger partial charge in [0.05, 0.1) is 12.2 Å². The molecule has 0 aliphatic heterocycles. The van der Waals surface area contributed by atoms with E-state index in [4.69, 9.17) is 4.74 Å². The Morgan fingerprint density at radius 3 is 2.34 bits per heavy atom. The van der Waals surface area contributed by atoms with Crippen LogP contribution in [0.5, 0.6) is 5.75 Å². The third-order valence-corrected chi connectivity index (χ3v) is 6.52. The van der Waals surface area contributed by atoms with Gasteiger partial charge in [0.1, 0.15) is 0 Å². The van der Waals surface area contributed by atoms with Crippen LogP contribution in [0.1, 0.15) is 76.3 Å². The smallest absolute Gasteiger partial charge is 0.267 e.